The molecule has 2 heterocycles. The summed E-state index contributed by atoms with van der Waals surface area (Å²) in [5.74, 6) is 1.85. The highest BCUT2D eigenvalue weighted by atomic mass is 32.2. The molecule has 178 valence electrons. The maximum absolute atomic E-state index is 6.12. The number of hydrogen-bond donors (Lipinski definition) is 2. The summed E-state index contributed by atoms with van der Waals surface area (Å²) in [4.78, 5) is 14.3. The van der Waals surface area contributed by atoms with Gasteiger partial charge in [0.05, 0.1) is 19.1 Å². The number of rotatable bonds is 8. The Labute approximate surface area is 203 Å². The van der Waals surface area contributed by atoms with Gasteiger partial charge in [-0.3, -0.25) is 0 Å². The zero-order valence-electron chi connectivity index (χ0n) is 20.1. The normalized spacial score (nSPS) is 11.6. The van der Waals surface area contributed by atoms with Gasteiger partial charge in [-0.15, -0.1) is 0 Å². The van der Waals surface area contributed by atoms with Crippen LogP contribution in [0.15, 0.2) is 58.8 Å². The van der Waals surface area contributed by atoms with E-state index in [-0.39, 0.29) is 5.54 Å². The van der Waals surface area contributed by atoms with Crippen molar-refractivity contribution in [1.82, 2.24) is 19.5 Å². The average molecular weight is 479 g/mol. The van der Waals surface area contributed by atoms with Crippen molar-refractivity contribution in [2.45, 2.75) is 49.3 Å². The number of fused-ring (bicyclic) bond motifs is 1. The molecule has 4 rings (SSSR count). The number of methoxy groups -OCH3 is 2. The first kappa shape index (κ1) is 23.7. The van der Waals surface area contributed by atoms with E-state index in [9.17, 15) is 0 Å². The molecule has 0 amide bonds. The molecular weight excluding hydrogens is 448 g/mol. The molecule has 3 N–H and O–H groups in total. The van der Waals surface area contributed by atoms with Crippen LogP contribution in [0.5, 0.6) is 11.5 Å². The summed E-state index contributed by atoms with van der Waals surface area (Å²) in [6.07, 6.45) is 2.29. The number of nitrogen functional groups attached to an aromatic ring is 1. The van der Waals surface area contributed by atoms with E-state index in [0.29, 0.717) is 23.5 Å². The fourth-order valence-corrected chi connectivity index (χ4v) is 4.65. The Morgan fingerprint density at radius 3 is 2.47 bits per heavy atom. The molecule has 0 saturated carbocycles. The minimum Gasteiger partial charge on any atom is -0.497 e. The van der Waals surface area contributed by atoms with Gasteiger partial charge in [-0.1, -0.05) is 12.1 Å². The van der Waals surface area contributed by atoms with E-state index in [4.69, 9.17) is 20.2 Å². The lowest BCUT2D eigenvalue weighted by atomic mass is 10.1. The van der Waals surface area contributed by atoms with Crippen molar-refractivity contribution in [2.75, 3.05) is 25.3 Å². The molecule has 2 aromatic heterocycles. The van der Waals surface area contributed by atoms with Crippen molar-refractivity contribution in [2.24, 2.45) is 0 Å². The zero-order valence-corrected chi connectivity index (χ0v) is 20.9. The first-order chi connectivity index (χ1) is 16.3. The van der Waals surface area contributed by atoms with Gasteiger partial charge in [-0.2, -0.15) is 0 Å². The third-order valence-corrected chi connectivity index (χ3v) is 6.23. The average Bonchev–Trinajstić information content (AvgIpc) is 3.16. The van der Waals surface area contributed by atoms with E-state index in [0.717, 1.165) is 33.7 Å². The maximum Gasteiger partial charge on any atom is 0.175 e. The lowest BCUT2D eigenvalue weighted by Gasteiger charge is -2.22. The monoisotopic (exact) mass is 478 g/mol. The maximum atomic E-state index is 6.12. The number of aromatic nitrogens is 4. The number of nitrogens with two attached hydrogens (primary N) is 1. The van der Waals surface area contributed by atoms with Crippen LogP contribution in [0.3, 0.4) is 0 Å². The third kappa shape index (κ3) is 5.36. The third-order valence-electron chi connectivity index (χ3n) is 5.19. The molecule has 0 bridgehead atoms. The fourth-order valence-electron chi connectivity index (χ4n) is 3.60. The van der Waals surface area contributed by atoms with Crippen LogP contribution in [0.1, 0.15) is 26.3 Å². The molecule has 2 aromatic carbocycles. The van der Waals surface area contributed by atoms with Gasteiger partial charge in [-0.05, 0) is 74.8 Å². The summed E-state index contributed by atoms with van der Waals surface area (Å²) in [6.45, 7) is 7.13. The van der Waals surface area contributed by atoms with E-state index in [1.54, 1.807) is 14.2 Å². The van der Waals surface area contributed by atoms with Gasteiger partial charge in [0, 0.05) is 17.8 Å². The summed E-state index contributed by atoms with van der Waals surface area (Å²) in [7, 11) is 3.29. The number of nitrogens with zero attached hydrogens (tertiary/aromatic N) is 4. The van der Waals surface area contributed by atoms with Crippen LogP contribution in [0, 0.1) is 0 Å². The van der Waals surface area contributed by atoms with E-state index in [2.05, 4.69) is 64.9 Å². The van der Waals surface area contributed by atoms with Gasteiger partial charge in [-0.25, -0.2) is 15.0 Å². The van der Waals surface area contributed by atoms with Gasteiger partial charge < -0.3 is 25.1 Å². The molecule has 0 spiro atoms. The Morgan fingerprint density at radius 2 is 1.79 bits per heavy atom. The predicted molar refractivity (Wildman–Crippen MR) is 137 cm³/mol. The van der Waals surface area contributed by atoms with Crippen LogP contribution >= 0.6 is 11.8 Å². The molecule has 0 radical (unpaired) electrons. The number of imidazole rings is 1. The van der Waals surface area contributed by atoms with Crippen LogP contribution in [0.4, 0.5) is 11.5 Å². The number of ether oxygens (including phenoxy) is 2. The first-order valence-corrected chi connectivity index (χ1v) is 11.8. The van der Waals surface area contributed by atoms with Gasteiger partial charge in [0.15, 0.2) is 22.1 Å². The van der Waals surface area contributed by atoms with Crippen LogP contribution in [0.2, 0.25) is 0 Å². The Kier molecular flexibility index (Phi) is 6.83. The second kappa shape index (κ2) is 9.80. The summed E-state index contributed by atoms with van der Waals surface area (Å²) in [5, 5.41) is 4.26. The van der Waals surface area contributed by atoms with E-state index in [1.807, 2.05) is 18.2 Å². The molecule has 0 fully saturated rings. The van der Waals surface area contributed by atoms with Crippen molar-refractivity contribution in [3.8, 4) is 11.5 Å². The van der Waals surface area contributed by atoms with Gasteiger partial charge in [0.25, 0.3) is 0 Å². The Bertz CT molecular complexity index is 1280. The molecule has 0 atom stereocenters. The Balaban J connectivity index is 1.64. The number of aryl methyl sites for hydroxylation is 2. The predicted octanol–water partition coefficient (Wildman–Crippen LogP) is 5.03. The van der Waals surface area contributed by atoms with Crippen molar-refractivity contribution >= 4 is 34.4 Å². The zero-order chi connectivity index (χ0) is 24.3. The van der Waals surface area contributed by atoms with Crippen molar-refractivity contribution in [3.05, 3.63) is 54.4 Å². The molecule has 9 heteroatoms. The minimum absolute atomic E-state index is 0.0180. The minimum atomic E-state index is 0.0180. The van der Waals surface area contributed by atoms with Crippen LogP contribution < -0.4 is 20.5 Å². The fraction of sp³-hybridized carbons (Fsp3) is 0.320. The highest BCUT2D eigenvalue weighted by Crippen LogP contribution is 2.38. The highest BCUT2D eigenvalue weighted by Gasteiger charge is 2.18. The lowest BCUT2D eigenvalue weighted by Crippen LogP contribution is -2.25. The van der Waals surface area contributed by atoms with E-state index >= 15 is 0 Å². The van der Waals surface area contributed by atoms with Crippen molar-refractivity contribution in [3.63, 3.8) is 0 Å². The molecule has 0 aliphatic heterocycles. The van der Waals surface area contributed by atoms with Crippen molar-refractivity contribution < 1.29 is 9.47 Å². The first-order valence-electron chi connectivity index (χ1n) is 11.0. The number of anilines is 2. The summed E-state index contributed by atoms with van der Waals surface area (Å²) in [6, 6.07) is 14.2. The number of benzene rings is 2. The number of hydrogen-bond acceptors (Lipinski definition) is 8. The van der Waals surface area contributed by atoms with Crippen LogP contribution in [-0.2, 0) is 13.0 Å². The lowest BCUT2D eigenvalue weighted by molar-refractivity contribution is 0.394. The van der Waals surface area contributed by atoms with Gasteiger partial charge in [0.2, 0.25) is 0 Å². The van der Waals surface area contributed by atoms with Gasteiger partial charge in [0.1, 0.15) is 17.8 Å². The highest BCUT2D eigenvalue weighted by molar-refractivity contribution is 7.99. The Hall–Kier alpha value is -3.46. The summed E-state index contributed by atoms with van der Waals surface area (Å²) >= 11 is 1.49. The SMILES string of the molecule is COc1ccc(OC)c(Sc2nc3c(N)ncnc3n2CCc2ccc(NC(C)(C)C)cc2)c1. The second-order valence-electron chi connectivity index (χ2n) is 8.92. The second-order valence-corrected chi connectivity index (χ2v) is 9.93. The molecule has 0 saturated heterocycles. The largest absolute Gasteiger partial charge is 0.497 e. The Morgan fingerprint density at radius 1 is 1.03 bits per heavy atom. The summed E-state index contributed by atoms with van der Waals surface area (Å²) < 4.78 is 13.0. The molecule has 8 nitrogen and oxygen atoms in total. The summed E-state index contributed by atoms with van der Waals surface area (Å²) in [5.41, 5.74) is 9.77. The standard InChI is InChI=1S/C25H30N6O2S/c1-25(2,3)30-17-8-6-16(7-9-17)12-13-31-23-21(22(26)27-15-28-23)29-24(31)34-20-14-18(32-4)10-11-19(20)33-5/h6-11,14-15,30H,12-13H2,1-5H3,(H2,26,27,28). The molecule has 0 aliphatic carbocycles. The van der Waals surface area contributed by atoms with Crippen LogP contribution in [-0.4, -0.2) is 39.3 Å². The van der Waals surface area contributed by atoms with E-state index in [1.165, 1.54) is 23.7 Å². The van der Waals surface area contributed by atoms with Crippen LogP contribution in [0.25, 0.3) is 11.2 Å². The quantitative estimate of drug-likeness (QED) is 0.364. The molecule has 4 aromatic rings. The molecule has 34 heavy (non-hydrogen) atoms. The topological polar surface area (TPSA) is 100 Å². The van der Waals surface area contributed by atoms with Crippen molar-refractivity contribution in [1.29, 1.82) is 0 Å². The number of nitrogens with one attached hydrogen (secondary N) is 1. The van der Waals surface area contributed by atoms with Gasteiger partial charge >= 0.3 is 0 Å². The molecular formula is C25H30N6O2S. The smallest absolute Gasteiger partial charge is 0.175 e. The van der Waals surface area contributed by atoms with E-state index < -0.39 is 0 Å². The molecule has 0 aliphatic rings. The molecule has 0 unspecified atom stereocenters.